The Morgan fingerprint density at radius 3 is 2.48 bits per heavy atom. The van der Waals surface area contributed by atoms with Crippen molar-refractivity contribution in [2.75, 3.05) is 34.4 Å². The molecule has 2 fully saturated rings. The minimum absolute atomic E-state index is 0.0588. The van der Waals surface area contributed by atoms with Crippen molar-refractivity contribution in [1.29, 1.82) is 0 Å². The Hall–Kier alpha value is -1.75. The van der Waals surface area contributed by atoms with Crippen LogP contribution >= 0.6 is 0 Å². The van der Waals surface area contributed by atoms with Crippen LogP contribution in [-0.4, -0.2) is 62.1 Å². The molecule has 126 valence electrons. The minimum atomic E-state index is 0.0588. The molecule has 0 aliphatic carbocycles. The number of amides is 1. The minimum Gasteiger partial charge on any atom is -0.493 e. The van der Waals surface area contributed by atoms with E-state index in [9.17, 15) is 4.79 Å². The Labute approximate surface area is 138 Å². The standard InChI is InChI=1S/C18H26N2O3/c1-19-11-5-8-14(19)15-9-6-12-20(15)18(21)13-7-4-10-16(22-2)17(13)23-3/h4,7,10,14-15H,5-6,8-9,11-12H2,1-3H3. The zero-order valence-corrected chi connectivity index (χ0v) is 14.2. The van der Waals surface area contributed by atoms with Gasteiger partial charge in [0.05, 0.1) is 19.8 Å². The lowest BCUT2D eigenvalue weighted by Gasteiger charge is -2.33. The molecule has 3 rings (SSSR count). The summed E-state index contributed by atoms with van der Waals surface area (Å²) in [6.45, 7) is 1.96. The number of rotatable bonds is 4. The van der Waals surface area contributed by atoms with Crippen molar-refractivity contribution in [2.24, 2.45) is 0 Å². The molecule has 0 saturated carbocycles. The van der Waals surface area contributed by atoms with Gasteiger partial charge < -0.3 is 19.3 Å². The van der Waals surface area contributed by atoms with Crippen LogP contribution in [0.4, 0.5) is 0 Å². The van der Waals surface area contributed by atoms with E-state index < -0.39 is 0 Å². The van der Waals surface area contributed by atoms with Crippen molar-refractivity contribution >= 4 is 5.91 Å². The first-order valence-electron chi connectivity index (χ1n) is 8.39. The fourth-order valence-electron chi connectivity index (χ4n) is 4.08. The molecule has 2 atom stereocenters. The Kier molecular flexibility index (Phi) is 4.76. The monoisotopic (exact) mass is 318 g/mol. The van der Waals surface area contributed by atoms with Crippen molar-refractivity contribution in [3.8, 4) is 11.5 Å². The second kappa shape index (κ2) is 6.79. The molecule has 2 aliphatic rings. The van der Waals surface area contributed by atoms with Crippen molar-refractivity contribution in [2.45, 2.75) is 37.8 Å². The van der Waals surface area contributed by atoms with Crippen molar-refractivity contribution in [3.05, 3.63) is 23.8 Å². The van der Waals surface area contributed by atoms with Gasteiger partial charge in [-0.3, -0.25) is 4.79 Å². The predicted octanol–water partition coefficient (Wildman–Crippen LogP) is 2.40. The van der Waals surface area contributed by atoms with E-state index in [4.69, 9.17) is 9.47 Å². The normalized spacial score (nSPS) is 24.9. The average Bonchev–Trinajstić information content (AvgIpc) is 3.21. The summed E-state index contributed by atoms with van der Waals surface area (Å²) in [5.41, 5.74) is 0.597. The second-order valence-corrected chi connectivity index (χ2v) is 6.44. The van der Waals surface area contributed by atoms with Gasteiger partial charge in [0.15, 0.2) is 11.5 Å². The topological polar surface area (TPSA) is 42.0 Å². The molecule has 0 spiro atoms. The molecule has 2 aliphatic heterocycles. The van der Waals surface area contributed by atoms with Gasteiger partial charge in [-0.25, -0.2) is 0 Å². The molecule has 2 unspecified atom stereocenters. The zero-order valence-electron chi connectivity index (χ0n) is 14.2. The SMILES string of the molecule is COc1cccc(C(=O)N2CCCC2C2CCCN2C)c1OC. The van der Waals surface area contributed by atoms with Crippen LogP contribution in [0.3, 0.4) is 0 Å². The molecule has 0 aromatic heterocycles. The number of methoxy groups -OCH3 is 2. The third-order valence-corrected chi connectivity index (χ3v) is 5.21. The highest BCUT2D eigenvalue weighted by molar-refractivity contribution is 5.98. The van der Waals surface area contributed by atoms with Crippen LogP contribution in [0.2, 0.25) is 0 Å². The molecular formula is C18H26N2O3. The summed E-state index contributed by atoms with van der Waals surface area (Å²) in [7, 11) is 5.35. The third-order valence-electron chi connectivity index (χ3n) is 5.21. The molecule has 1 aromatic rings. The predicted molar refractivity (Wildman–Crippen MR) is 89.3 cm³/mol. The molecule has 0 N–H and O–H groups in total. The van der Waals surface area contributed by atoms with E-state index in [2.05, 4.69) is 11.9 Å². The summed E-state index contributed by atoms with van der Waals surface area (Å²) in [6, 6.07) is 6.30. The Balaban J connectivity index is 1.87. The van der Waals surface area contributed by atoms with Gasteiger partial charge in [-0.2, -0.15) is 0 Å². The van der Waals surface area contributed by atoms with Crippen LogP contribution in [0, 0.1) is 0 Å². The molecule has 5 nitrogen and oxygen atoms in total. The Morgan fingerprint density at radius 1 is 1.09 bits per heavy atom. The third kappa shape index (κ3) is 2.90. The fourth-order valence-corrected chi connectivity index (χ4v) is 4.08. The van der Waals surface area contributed by atoms with Gasteiger partial charge in [0.2, 0.25) is 0 Å². The number of benzene rings is 1. The number of hydrogen-bond acceptors (Lipinski definition) is 4. The maximum absolute atomic E-state index is 13.1. The number of likely N-dealkylation sites (N-methyl/N-ethyl adjacent to an activating group) is 1. The lowest BCUT2D eigenvalue weighted by molar-refractivity contribution is 0.0660. The molecule has 23 heavy (non-hydrogen) atoms. The van der Waals surface area contributed by atoms with Crippen LogP contribution in [0.1, 0.15) is 36.0 Å². The molecular weight excluding hydrogens is 292 g/mol. The summed E-state index contributed by atoms with van der Waals surface area (Å²) >= 11 is 0. The maximum atomic E-state index is 13.1. The summed E-state index contributed by atoms with van der Waals surface area (Å²) in [6.07, 6.45) is 4.57. The molecule has 0 bridgehead atoms. The number of ether oxygens (including phenoxy) is 2. The van der Waals surface area contributed by atoms with Gasteiger partial charge in [0.1, 0.15) is 0 Å². The van der Waals surface area contributed by atoms with Crippen LogP contribution in [-0.2, 0) is 0 Å². The van der Waals surface area contributed by atoms with Gasteiger partial charge in [-0.05, 0) is 51.4 Å². The highest BCUT2D eigenvalue weighted by Gasteiger charge is 2.39. The van der Waals surface area contributed by atoms with Gasteiger partial charge >= 0.3 is 0 Å². The quantitative estimate of drug-likeness (QED) is 0.855. The highest BCUT2D eigenvalue weighted by Crippen LogP contribution is 2.35. The van der Waals surface area contributed by atoms with Crippen LogP contribution in [0.5, 0.6) is 11.5 Å². The number of carbonyl (C=O) groups excluding carboxylic acids is 1. The summed E-state index contributed by atoms with van der Waals surface area (Å²) in [5, 5.41) is 0. The maximum Gasteiger partial charge on any atom is 0.258 e. The van der Waals surface area contributed by atoms with Gasteiger partial charge in [0, 0.05) is 18.6 Å². The van der Waals surface area contributed by atoms with E-state index in [1.165, 1.54) is 12.8 Å². The van der Waals surface area contributed by atoms with E-state index in [0.29, 0.717) is 29.1 Å². The second-order valence-electron chi connectivity index (χ2n) is 6.44. The molecule has 1 aromatic carbocycles. The molecule has 0 radical (unpaired) electrons. The summed E-state index contributed by atoms with van der Waals surface area (Å²) < 4.78 is 10.8. The number of carbonyl (C=O) groups is 1. The molecule has 5 heteroatoms. The number of likely N-dealkylation sites (tertiary alicyclic amines) is 2. The van der Waals surface area contributed by atoms with E-state index in [1.807, 2.05) is 23.1 Å². The van der Waals surface area contributed by atoms with Gasteiger partial charge in [0.25, 0.3) is 5.91 Å². The Morgan fingerprint density at radius 2 is 1.83 bits per heavy atom. The smallest absolute Gasteiger partial charge is 0.258 e. The van der Waals surface area contributed by atoms with Crippen LogP contribution in [0.25, 0.3) is 0 Å². The highest BCUT2D eigenvalue weighted by atomic mass is 16.5. The fraction of sp³-hybridized carbons (Fsp3) is 0.611. The zero-order chi connectivity index (χ0) is 16.4. The lowest BCUT2D eigenvalue weighted by atomic mass is 10.0. The summed E-state index contributed by atoms with van der Waals surface area (Å²) in [4.78, 5) is 17.6. The average molecular weight is 318 g/mol. The van der Waals surface area contributed by atoms with Crippen molar-refractivity contribution in [1.82, 2.24) is 9.80 Å². The number of nitrogens with zero attached hydrogens (tertiary/aromatic N) is 2. The van der Waals surface area contributed by atoms with E-state index in [-0.39, 0.29) is 5.91 Å². The van der Waals surface area contributed by atoms with Gasteiger partial charge in [-0.1, -0.05) is 6.07 Å². The van der Waals surface area contributed by atoms with Crippen LogP contribution < -0.4 is 9.47 Å². The first-order valence-corrected chi connectivity index (χ1v) is 8.39. The van der Waals surface area contributed by atoms with E-state index in [0.717, 1.165) is 25.9 Å². The van der Waals surface area contributed by atoms with Crippen LogP contribution in [0.15, 0.2) is 18.2 Å². The first-order chi connectivity index (χ1) is 11.2. The van der Waals surface area contributed by atoms with Crippen molar-refractivity contribution < 1.29 is 14.3 Å². The lowest BCUT2D eigenvalue weighted by Crippen LogP contribution is -2.47. The van der Waals surface area contributed by atoms with Gasteiger partial charge in [-0.15, -0.1) is 0 Å². The Bertz CT molecular complexity index is 575. The van der Waals surface area contributed by atoms with E-state index >= 15 is 0 Å². The molecule has 2 heterocycles. The summed E-state index contributed by atoms with van der Waals surface area (Å²) in [5.74, 6) is 1.20. The molecule has 2 saturated heterocycles. The largest absolute Gasteiger partial charge is 0.493 e. The first kappa shape index (κ1) is 16.1. The number of hydrogen-bond donors (Lipinski definition) is 0. The van der Waals surface area contributed by atoms with Crippen molar-refractivity contribution in [3.63, 3.8) is 0 Å². The number of para-hydroxylation sites is 1. The molecule has 1 amide bonds. The van der Waals surface area contributed by atoms with E-state index in [1.54, 1.807) is 14.2 Å².